The van der Waals surface area contributed by atoms with Gasteiger partial charge in [-0.05, 0) is 31.9 Å². The standard InChI is InChI=1S/C26H31N5O4S/c1-17-9-11-19(12-10-17)25-29-30-26(31(25)20-7-5-4-6-8-20)36-16-23(32)28-27-15-18-13-21(34-2)24(33)22(14-18)35-3/h9-15,20,33H,4-8,16H2,1-3H3,(H,28,32). The van der Waals surface area contributed by atoms with Crippen LogP contribution in [-0.4, -0.2) is 52.0 Å². The number of hydrogen-bond donors (Lipinski definition) is 2. The Morgan fingerprint density at radius 2 is 1.81 bits per heavy atom. The molecule has 1 amide bonds. The summed E-state index contributed by atoms with van der Waals surface area (Å²) in [4.78, 5) is 12.5. The van der Waals surface area contributed by atoms with E-state index in [0.717, 1.165) is 29.4 Å². The fraction of sp³-hybridized carbons (Fsp3) is 0.385. The molecule has 0 spiro atoms. The smallest absolute Gasteiger partial charge is 0.250 e. The fourth-order valence-electron chi connectivity index (χ4n) is 4.27. The number of aromatic hydroxyl groups is 1. The molecule has 0 radical (unpaired) electrons. The number of hydrogen-bond acceptors (Lipinski definition) is 8. The van der Waals surface area contributed by atoms with Crippen molar-refractivity contribution in [2.45, 2.75) is 50.2 Å². The summed E-state index contributed by atoms with van der Waals surface area (Å²) < 4.78 is 12.5. The van der Waals surface area contributed by atoms with Crippen molar-refractivity contribution in [1.82, 2.24) is 20.2 Å². The van der Waals surface area contributed by atoms with Gasteiger partial charge in [-0.3, -0.25) is 9.36 Å². The first-order valence-electron chi connectivity index (χ1n) is 11.9. The summed E-state index contributed by atoms with van der Waals surface area (Å²) >= 11 is 1.36. The molecule has 1 aliphatic rings. The average molecular weight is 510 g/mol. The van der Waals surface area contributed by atoms with Crippen molar-refractivity contribution in [3.63, 3.8) is 0 Å². The van der Waals surface area contributed by atoms with Crippen LogP contribution >= 0.6 is 11.8 Å². The molecule has 0 aliphatic heterocycles. The lowest BCUT2D eigenvalue weighted by molar-refractivity contribution is -0.118. The molecule has 1 aromatic heterocycles. The van der Waals surface area contributed by atoms with Crippen molar-refractivity contribution >= 4 is 23.9 Å². The third-order valence-corrected chi connectivity index (χ3v) is 7.09. The van der Waals surface area contributed by atoms with Gasteiger partial charge in [-0.2, -0.15) is 5.10 Å². The van der Waals surface area contributed by atoms with Gasteiger partial charge >= 0.3 is 0 Å². The van der Waals surface area contributed by atoms with Crippen LogP contribution < -0.4 is 14.9 Å². The highest BCUT2D eigenvalue weighted by molar-refractivity contribution is 7.99. The lowest BCUT2D eigenvalue weighted by Gasteiger charge is -2.25. The Balaban J connectivity index is 1.44. The van der Waals surface area contributed by atoms with E-state index >= 15 is 0 Å². The summed E-state index contributed by atoms with van der Waals surface area (Å²) in [6.07, 6.45) is 7.25. The van der Waals surface area contributed by atoms with Gasteiger partial charge in [0.25, 0.3) is 5.91 Å². The quantitative estimate of drug-likeness (QED) is 0.244. The van der Waals surface area contributed by atoms with Gasteiger partial charge in [0.05, 0.1) is 26.2 Å². The van der Waals surface area contributed by atoms with Crippen LogP contribution in [0.3, 0.4) is 0 Å². The van der Waals surface area contributed by atoms with Gasteiger partial charge in [-0.1, -0.05) is 60.9 Å². The second-order valence-electron chi connectivity index (χ2n) is 8.69. The summed E-state index contributed by atoms with van der Waals surface area (Å²) in [5, 5.41) is 23.7. The van der Waals surface area contributed by atoms with Crippen molar-refractivity contribution in [2.75, 3.05) is 20.0 Å². The molecule has 4 rings (SSSR count). The van der Waals surface area contributed by atoms with E-state index in [2.05, 4.69) is 56.5 Å². The van der Waals surface area contributed by atoms with Gasteiger partial charge in [0.15, 0.2) is 22.5 Å². The Morgan fingerprint density at radius 3 is 2.44 bits per heavy atom. The van der Waals surface area contributed by atoms with Crippen LogP contribution in [0.25, 0.3) is 11.4 Å². The third-order valence-electron chi connectivity index (χ3n) is 6.15. The van der Waals surface area contributed by atoms with Crippen molar-refractivity contribution < 1.29 is 19.4 Å². The Morgan fingerprint density at radius 1 is 1.14 bits per heavy atom. The molecule has 2 N–H and O–H groups in total. The molecule has 0 saturated heterocycles. The molecule has 190 valence electrons. The zero-order valence-electron chi connectivity index (χ0n) is 20.7. The number of nitrogens with one attached hydrogen (secondary N) is 1. The zero-order chi connectivity index (χ0) is 25.5. The number of thioether (sulfide) groups is 1. The van der Waals surface area contributed by atoms with Crippen molar-refractivity contribution in [3.05, 3.63) is 47.5 Å². The summed E-state index contributed by atoms with van der Waals surface area (Å²) in [6, 6.07) is 11.8. The normalized spacial score (nSPS) is 14.2. The van der Waals surface area contributed by atoms with Gasteiger partial charge < -0.3 is 14.6 Å². The van der Waals surface area contributed by atoms with E-state index in [0.29, 0.717) is 11.6 Å². The van der Waals surface area contributed by atoms with Gasteiger partial charge in [-0.15, -0.1) is 10.2 Å². The number of amides is 1. The molecular formula is C26H31N5O4S. The maximum absolute atomic E-state index is 12.5. The van der Waals surface area contributed by atoms with Crippen LogP contribution in [0.15, 0.2) is 46.7 Å². The van der Waals surface area contributed by atoms with Gasteiger partial charge in [0.2, 0.25) is 5.75 Å². The minimum absolute atomic E-state index is 0.0929. The molecule has 1 heterocycles. The van der Waals surface area contributed by atoms with Crippen molar-refractivity contribution in [3.8, 4) is 28.6 Å². The number of nitrogens with zero attached hydrogens (tertiary/aromatic N) is 4. The summed E-state index contributed by atoms with van der Waals surface area (Å²) in [5.74, 6) is 1.15. The Hall–Kier alpha value is -3.53. The number of aryl methyl sites for hydroxylation is 1. The number of methoxy groups -OCH3 is 2. The molecule has 9 nitrogen and oxygen atoms in total. The first-order chi connectivity index (χ1) is 17.5. The number of rotatable bonds is 9. The van der Waals surface area contributed by atoms with E-state index in [-0.39, 0.29) is 28.9 Å². The fourth-order valence-corrected chi connectivity index (χ4v) is 5.07. The maximum atomic E-state index is 12.5. The average Bonchev–Trinajstić information content (AvgIpc) is 3.33. The number of ether oxygens (including phenoxy) is 2. The highest BCUT2D eigenvalue weighted by Gasteiger charge is 2.24. The molecule has 2 aromatic carbocycles. The van der Waals surface area contributed by atoms with E-state index in [9.17, 15) is 9.90 Å². The molecule has 1 fully saturated rings. The van der Waals surface area contributed by atoms with Crippen LogP contribution in [0.2, 0.25) is 0 Å². The minimum Gasteiger partial charge on any atom is -0.502 e. The van der Waals surface area contributed by atoms with E-state index in [1.54, 1.807) is 12.1 Å². The molecule has 0 unspecified atom stereocenters. The minimum atomic E-state index is -0.260. The lowest BCUT2D eigenvalue weighted by atomic mass is 9.95. The van der Waals surface area contributed by atoms with Crippen LogP contribution in [-0.2, 0) is 4.79 Å². The number of carbonyl (C=O) groups excluding carboxylic acids is 1. The highest BCUT2D eigenvalue weighted by atomic mass is 32.2. The topological polar surface area (TPSA) is 111 Å². The molecule has 1 aliphatic carbocycles. The molecular weight excluding hydrogens is 478 g/mol. The van der Waals surface area contributed by atoms with Crippen LogP contribution in [0, 0.1) is 6.92 Å². The Labute approximate surface area is 214 Å². The second-order valence-corrected chi connectivity index (χ2v) is 9.63. The van der Waals surface area contributed by atoms with Gasteiger partial charge in [0.1, 0.15) is 0 Å². The van der Waals surface area contributed by atoms with E-state index < -0.39 is 0 Å². The predicted molar refractivity (Wildman–Crippen MR) is 140 cm³/mol. The first kappa shape index (κ1) is 25.6. The maximum Gasteiger partial charge on any atom is 0.250 e. The largest absolute Gasteiger partial charge is 0.502 e. The molecule has 0 bridgehead atoms. The monoisotopic (exact) mass is 509 g/mol. The van der Waals surface area contributed by atoms with Crippen LogP contribution in [0.4, 0.5) is 0 Å². The van der Waals surface area contributed by atoms with Gasteiger partial charge in [-0.25, -0.2) is 5.43 Å². The Bertz CT molecular complexity index is 1190. The molecule has 3 aromatic rings. The number of phenolic OH excluding ortho intramolecular Hbond substituents is 1. The van der Waals surface area contributed by atoms with Crippen LogP contribution in [0.5, 0.6) is 17.2 Å². The summed E-state index contributed by atoms with van der Waals surface area (Å²) in [7, 11) is 2.90. The molecule has 36 heavy (non-hydrogen) atoms. The van der Waals surface area contributed by atoms with Crippen LogP contribution in [0.1, 0.15) is 49.3 Å². The zero-order valence-corrected chi connectivity index (χ0v) is 21.5. The number of benzene rings is 2. The van der Waals surface area contributed by atoms with E-state index in [1.165, 1.54) is 57.0 Å². The summed E-state index contributed by atoms with van der Waals surface area (Å²) in [6.45, 7) is 2.06. The van der Waals surface area contributed by atoms with Crippen molar-refractivity contribution in [1.29, 1.82) is 0 Å². The molecule has 1 saturated carbocycles. The van der Waals surface area contributed by atoms with E-state index in [1.807, 2.05) is 0 Å². The molecule has 10 heteroatoms. The first-order valence-corrected chi connectivity index (χ1v) is 12.9. The third kappa shape index (κ3) is 5.99. The molecule has 0 atom stereocenters. The predicted octanol–water partition coefficient (Wildman–Crippen LogP) is 4.72. The SMILES string of the molecule is COc1cc(C=NNC(=O)CSc2nnc(-c3ccc(C)cc3)n2C2CCCCC2)cc(OC)c1O. The van der Waals surface area contributed by atoms with Crippen molar-refractivity contribution in [2.24, 2.45) is 5.10 Å². The lowest BCUT2D eigenvalue weighted by Crippen LogP contribution is -2.20. The number of hydrazone groups is 1. The number of aromatic nitrogens is 3. The number of carbonyl (C=O) groups is 1. The van der Waals surface area contributed by atoms with Gasteiger partial charge in [0, 0.05) is 17.2 Å². The summed E-state index contributed by atoms with van der Waals surface area (Å²) in [5.41, 5.74) is 5.37. The number of phenols is 1. The second kappa shape index (κ2) is 11.9. The Kier molecular flexibility index (Phi) is 8.48. The van der Waals surface area contributed by atoms with E-state index in [4.69, 9.17) is 9.47 Å². The highest BCUT2D eigenvalue weighted by Crippen LogP contribution is 2.37.